The highest BCUT2D eigenvalue weighted by Crippen LogP contribution is 2.27. The largest absolute Gasteiger partial charge is 0.493 e. The third kappa shape index (κ3) is 6.50. The van der Waals surface area contributed by atoms with Gasteiger partial charge in [0.2, 0.25) is 0 Å². The summed E-state index contributed by atoms with van der Waals surface area (Å²) in [5.41, 5.74) is 1.79. The Kier molecular flexibility index (Phi) is 8.98. The monoisotopic (exact) mass is 443 g/mol. The average molecular weight is 444 g/mol. The number of benzene rings is 2. The fourth-order valence-corrected chi connectivity index (χ4v) is 3.83. The molecule has 2 N–H and O–H groups in total. The number of rotatable bonds is 9. The van der Waals surface area contributed by atoms with E-state index in [2.05, 4.69) is 25.4 Å². The van der Waals surface area contributed by atoms with Crippen molar-refractivity contribution in [1.29, 1.82) is 0 Å². The van der Waals surface area contributed by atoms with Crippen LogP contribution in [0, 0.1) is 5.82 Å². The molecule has 0 atom stereocenters. The van der Waals surface area contributed by atoms with Gasteiger partial charge in [-0.25, -0.2) is 4.39 Å². The molecule has 3 rings (SSSR count). The Morgan fingerprint density at radius 2 is 1.75 bits per heavy atom. The van der Waals surface area contributed by atoms with Crippen molar-refractivity contribution in [3.8, 4) is 11.5 Å². The van der Waals surface area contributed by atoms with E-state index in [9.17, 15) is 4.39 Å². The van der Waals surface area contributed by atoms with E-state index >= 15 is 0 Å². The molecule has 0 saturated carbocycles. The lowest BCUT2D eigenvalue weighted by atomic mass is 10.2. The summed E-state index contributed by atoms with van der Waals surface area (Å²) in [4.78, 5) is 8.86. The Morgan fingerprint density at radius 3 is 2.44 bits per heavy atom. The number of nitrogens with one attached hydrogen (secondary N) is 2. The van der Waals surface area contributed by atoms with E-state index in [4.69, 9.17) is 9.47 Å². The molecular weight excluding hydrogens is 409 g/mol. The van der Waals surface area contributed by atoms with Gasteiger partial charge < -0.3 is 25.0 Å². The highest BCUT2D eigenvalue weighted by atomic mass is 19.1. The molecule has 174 valence electrons. The van der Waals surface area contributed by atoms with Crippen LogP contribution in [0.15, 0.2) is 47.5 Å². The zero-order chi connectivity index (χ0) is 22.8. The molecule has 2 aromatic carbocycles. The molecule has 0 amide bonds. The highest BCUT2D eigenvalue weighted by molar-refractivity contribution is 5.79. The molecule has 0 aliphatic carbocycles. The quantitative estimate of drug-likeness (QED) is 0.353. The van der Waals surface area contributed by atoms with E-state index < -0.39 is 0 Å². The minimum absolute atomic E-state index is 0.142. The molecule has 0 unspecified atom stereocenters. The zero-order valence-electron chi connectivity index (χ0n) is 19.2. The molecule has 1 heterocycles. The first-order valence-electron chi connectivity index (χ1n) is 11.0. The smallest absolute Gasteiger partial charge is 0.191 e. The first-order chi connectivity index (χ1) is 15.6. The third-order valence-corrected chi connectivity index (χ3v) is 5.64. The summed E-state index contributed by atoms with van der Waals surface area (Å²) in [6.07, 6.45) is 1.01. The lowest BCUT2D eigenvalue weighted by molar-refractivity contribution is 0.254. The van der Waals surface area contributed by atoms with E-state index in [0.717, 1.165) is 57.2 Å². The number of ether oxygens (including phenoxy) is 2. The van der Waals surface area contributed by atoms with Gasteiger partial charge in [-0.2, -0.15) is 0 Å². The fraction of sp³-hybridized carbons (Fsp3) is 0.458. The minimum Gasteiger partial charge on any atom is -0.493 e. The van der Waals surface area contributed by atoms with Crippen LogP contribution in [-0.4, -0.2) is 71.4 Å². The second kappa shape index (κ2) is 12.1. The molecule has 0 bridgehead atoms. The van der Waals surface area contributed by atoms with Crippen LogP contribution in [-0.2, 0) is 6.54 Å². The van der Waals surface area contributed by atoms with E-state index in [1.54, 1.807) is 27.3 Å². The van der Waals surface area contributed by atoms with Gasteiger partial charge in [0.15, 0.2) is 17.5 Å². The molecule has 1 aliphatic heterocycles. The van der Waals surface area contributed by atoms with Crippen molar-refractivity contribution in [1.82, 2.24) is 15.5 Å². The molecule has 0 radical (unpaired) electrons. The third-order valence-electron chi connectivity index (χ3n) is 5.64. The summed E-state index contributed by atoms with van der Waals surface area (Å²) in [6.45, 7) is 6.06. The fourth-order valence-electron chi connectivity index (χ4n) is 3.83. The number of halogens is 1. The molecule has 32 heavy (non-hydrogen) atoms. The van der Waals surface area contributed by atoms with Crippen LogP contribution < -0.4 is 25.0 Å². The van der Waals surface area contributed by atoms with Crippen LogP contribution in [0.1, 0.15) is 12.0 Å². The molecule has 1 saturated heterocycles. The summed E-state index contributed by atoms with van der Waals surface area (Å²) < 4.78 is 24.6. The molecule has 7 nitrogen and oxygen atoms in total. The van der Waals surface area contributed by atoms with Crippen molar-refractivity contribution in [2.24, 2.45) is 4.99 Å². The normalized spacial score (nSPS) is 14.9. The van der Waals surface area contributed by atoms with Crippen LogP contribution >= 0.6 is 0 Å². The number of piperazine rings is 1. The van der Waals surface area contributed by atoms with E-state index in [-0.39, 0.29) is 5.82 Å². The Balaban J connectivity index is 1.35. The van der Waals surface area contributed by atoms with Crippen molar-refractivity contribution >= 4 is 11.6 Å². The first kappa shape index (κ1) is 23.7. The Morgan fingerprint density at radius 1 is 1.00 bits per heavy atom. The maximum Gasteiger partial charge on any atom is 0.191 e. The van der Waals surface area contributed by atoms with E-state index in [1.165, 1.54) is 6.07 Å². The van der Waals surface area contributed by atoms with E-state index in [0.29, 0.717) is 23.7 Å². The Hall–Kier alpha value is -3.00. The number of nitrogens with zero attached hydrogens (tertiary/aromatic N) is 3. The summed E-state index contributed by atoms with van der Waals surface area (Å²) in [5.74, 6) is 2.06. The number of guanidine groups is 1. The first-order valence-corrected chi connectivity index (χ1v) is 11.0. The predicted molar refractivity (Wildman–Crippen MR) is 127 cm³/mol. The Bertz CT molecular complexity index is 884. The van der Waals surface area contributed by atoms with Gasteiger partial charge in [0, 0.05) is 46.3 Å². The minimum atomic E-state index is -0.142. The van der Waals surface area contributed by atoms with Gasteiger partial charge in [-0.05, 0) is 42.8 Å². The van der Waals surface area contributed by atoms with Crippen LogP contribution in [0.4, 0.5) is 10.1 Å². The molecular formula is C24H34FN5O2. The van der Waals surface area contributed by atoms with Gasteiger partial charge in [0.05, 0.1) is 19.9 Å². The van der Waals surface area contributed by atoms with Crippen molar-refractivity contribution in [3.05, 3.63) is 53.8 Å². The van der Waals surface area contributed by atoms with Crippen LogP contribution in [0.2, 0.25) is 0 Å². The van der Waals surface area contributed by atoms with Gasteiger partial charge >= 0.3 is 0 Å². The lowest BCUT2D eigenvalue weighted by Gasteiger charge is -2.36. The lowest BCUT2D eigenvalue weighted by Crippen LogP contribution is -2.47. The number of hydrogen-bond acceptors (Lipinski definition) is 5. The number of para-hydroxylation sites is 1. The molecule has 2 aromatic rings. The van der Waals surface area contributed by atoms with Gasteiger partial charge in [-0.15, -0.1) is 0 Å². The van der Waals surface area contributed by atoms with Gasteiger partial charge in [0.1, 0.15) is 5.82 Å². The zero-order valence-corrected chi connectivity index (χ0v) is 19.2. The second-order valence-electron chi connectivity index (χ2n) is 7.68. The molecule has 0 spiro atoms. The second-order valence-corrected chi connectivity index (χ2v) is 7.68. The van der Waals surface area contributed by atoms with Crippen molar-refractivity contribution < 1.29 is 13.9 Å². The van der Waals surface area contributed by atoms with E-state index in [1.807, 2.05) is 30.3 Å². The molecule has 8 heteroatoms. The maximum atomic E-state index is 14.0. The number of anilines is 1. The number of methoxy groups -OCH3 is 2. The summed E-state index contributed by atoms with van der Waals surface area (Å²) in [5, 5.41) is 6.70. The number of hydrogen-bond donors (Lipinski definition) is 2. The maximum absolute atomic E-state index is 14.0. The Labute approximate surface area is 190 Å². The van der Waals surface area contributed by atoms with Crippen LogP contribution in [0.5, 0.6) is 11.5 Å². The molecule has 1 aliphatic rings. The van der Waals surface area contributed by atoms with Gasteiger partial charge in [-0.3, -0.25) is 9.89 Å². The average Bonchev–Trinajstić information content (AvgIpc) is 2.84. The summed E-state index contributed by atoms with van der Waals surface area (Å²) in [6, 6.07) is 12.9. The summed E-state index contributed by atoms with van der Waals surface area (Å²) >= 11 is 0. The molecule has 1 fully saturated rings. The van der Waals surface area contributed by atoms with Gasteiger partial charge in [0.25, 0.3) is 0 Å². The van der Waals surface area contributed by atoms with Crippen molar-refractivity contribution in [3.63, 3.8) is 0 Å². The van der Waals surface area contributed by atoms with Crippen molar-refractivity contribution in [2.45, 2.75) is 13.0 Å². The topological polar surface area (TPSA) is 61.4 Å². The highest BCUT2D eigenvalue weighted by Gasteiger charge is 2.18. The molecule has 0 aromatic heterocycles. The van der Waals surface area contributed by atoms with Gasteiger partial charge in [-0.1, -0.05) is 18.2 Å². The van der Waals surface area contributed by atoms with Crippen molar-refractivity contribution in [2.75, 3.05) is 65.4 Å². The number of aliphatic imine (C=N–C) groups is 1. The standard InChI is InChI=1S/C24H34FN5O2/c1-26-24(28-18-19-9-10-22(31-2)23(17-19)32-3)27-11-6-12-29-13-15-30(16-14-29)21-8-5-4-7-20(21)25/h4-5,7-10,17H,6,11-16,18H2,1-3H3,(H2,26,27,28). The van der Waals surface area contributed by atoms with Crippen LogP contribution in [0.3, 0.4) is 0 Å². The predicted octanol–water partition coefficient (Wildman–Crippen LogP) is 2.72. The SMILES string of the molecule is CN=C(NCCCN1CCN(c2ccccc2F)CC1)NCc1ccc(OC)c(OC)c1. The summed E-state index contributed by atoms with van der Waals surface area (Å²) in [7, 11) is 5.03. The van der Waals surface area contributed by atoms with Crippen LogP contribution in [0.25, 0.3) is 0 Å².